The number of nitrogens with zero attached hydrogens (tertiary/aromatic N) is 1. The quantitative estimate of drug-likeness (QED) is 0.764. The van der Waals surface area contributed by atoms with Gasteiger partial charge in [0.15, 0.2) is 0 Å². The lowest BCUT2D eigenvalue weighted by atomic mass is 10.0. The molecule has 7 heteroatoms. The lowest BCUT2D eigenvalue weighted by Crippen LogP contribution is -2.33. The maximum absolute atomic E-state index is 11.8. The zero-order valence-corrected chi connectivity index (χ0v) is 12.0. The Morgan fingerprint density at radius 3 is 2.95 bits per heavy atom. The summed E-state index contributed by atoms with van der Waals surface area (Å²) >= 11 is 0. The van der Waals surface area contributed by atoms with Gasteiger partial charge in [0.1, 0.15) is 5.75 Å². The first kappa shape index (κ1) is 14.8. The van der Waals surface area contributed by atoms with Gasteiger partial charge in [0.2, 0.25) is 5.91 Å². The average Bonchev–Trinajstić information content (AvgIpc) is 2.79. The average molecular weight is 290 g/mol. The first-order chi connectivity index (χ1) is 10.1. The van der Waals surface area contributed by atoms with Gasteiger partial charge in [0.05, 0.1) is 13.0 Å². The monoisotopic (exact) mass is 290 g/mol. The summed E-state index contributed by atoms with van der Waals surface area (Å²) in [4.78, 5) is 23.2. The number of carbonyl (C=O) groups excluding carboxylic acids is 2. The fourth-order valence-electron chi connectivity index (χ4n) is 2.03. The van der Waals surface area contributed by atoms with Crippen LogP contribution in [0.25, 0.3) is 0 Å². The molecule has 2 rings (SSSR count). The summed E-state index contributed by atoms with van der Waals surface area (Å²) in [5, 5.41) is 9.27. The predicted molar refractivity (Wildman–Crippen MR) is 79.4 cm³/mol. The first-order valence-electron chi connectivity index (χ1n) is 6.63. The molecule has 1 aliphatic heterocycles. The molecule has 0 spiro atoms. The van der Waals surface area contributed by atoms with Crippen LogP contribution in [0.1, 0.15) is 13.3 Å². The number of carbonyl (C=O) groups is 2. The van der Waals surface area contributed by atoms with Crippen LogP contribution in [0.4, 0.5) is 10.5 Å². The van der Waals surface area contributed by atoms with Crippen molar-refractivity contribution >= 4 is 23.3 Å². The number of hydrazone groups is 1. The molecule has 0 radical (unpaired) electrons. The molecule has 0 fully saturated rings. The number of amides is 3. The number of urea groups is 1. The summed E-state index contributed by atoms with van der Waals surface area (Å²) in [6.45, 7) is 2.18. The van der Waals surface area contributed by atoms with Crippen LogP contribution in [0.2, 0.25) is 0 Å². The predicted octanol–water partition coefficient (Wildman–Crippen LogP) is 1.33. The normalized spacial score (nSPS) is 17.0. The number of anilines is 1. The second-order valence-corrected chi connectivity index (χ2v) is 4.68. The van der Waals surface area contributed by atoms with Crippen molar-refractivity contribution in [1.29, 1.82) is 0 Å². The highest BCUT2D eigenvalue weighted by Crippen LogP contribution is 2.16. The van der Waals surface area contributed by atoms with E-state index < -0.39 is 0 Å². The van der Waals surface area contributed by atoms with Gasteiger partial charge in [-0.2, -0.15) is 5.10 Å². The zero-order chi connectivity index (χ0) is 15.2. The summed E-state index contributed by atoms with van der Waals surface area (Å²) in [6, 6.07) is 6.75. The van der Waals surface area contributed by atoms with Crippen molar-refractivity contribution in [1.82, 2.24) is 10.7 Å². The van der Waals surface area contributed by atoms with E-state index in [4.69, 9.17) is 4.74 Å². The van der Waals surface area contributed by atoms with E-state index in [-0.39, 0.29) is 17.9 Å². The van der Waals surface area contributed by atoms with Crippen molar-refractivity contribution in [2.45, 2.75) is 13.3 Å². The number of methoxy groups -OCH3 is 1. The molecule has 1 aromatic rings. The molecule has 0 aromatic heterocycles. The van der Waals surface area contributed by atoms with Crippen molar-refractivity contribution in [3.8, 4) is 5.75 Å². The number of nitrogens with one attached hydrogen (secondary N) is 3. The van der Waals surface area contributed by atoms with E-state index >= 15 is 0 Å². The van der Waals surface area contributed by atoms with Gasteiger partial charge in [0, 0.05) is 24.0 Å². The third-order valence-corrected chi connectivity index (χ3v) is 3.21. The molecular weight excluding hydrogens is 272 g/mol. The Labute approximate surface area is 122 Å². The van der Waals surface area contributed by atoms with Crippen LogP contribution >= 0.6 is 0 Å². The van der Waals surface area contributed by atoms with Gasteiger partial charge < -0.3 is 15.4 Å². The molecule has 0 bridgehead atoms. The second-order valence-electron chi connectivity index (χ2n) is 4.68. The van der Waals surface area contributed by atoms with Crippen molar-refractivity contribution in [2.75, 3.05) is 19.0 Å². The summed E-state index contributed by atoms with van der Waals surface area (Å²) in [5.41, 5.74) is 3.80. The Kier molecular flexibility index (Phi) is 4.76. The van der Waals surface area contributed by atoms with Crippen LogP contribution in [0.3, 0.4) is 0 Å². The minimum atomic E-state index is -0.323. The number of rotatable bonds is 5. The van der Waals surface area contributed by atoms with Gasteiger partial charge in [-0.15, -0.1) is 0 Å². The van der Waals surface area contributed by atoms with Crippen molar-refractivity contribution < 1.29 is 14.3 Å². The Bertz CT molecular complexity index is 571. The molecule has 3 amide bonds. The van der Waals surface area contributed by atoms with Crippen LogP contribution in [0.5, 0.6) is 5.75 Å². The molecule has 21 heavy (non-hydrogen) atoms. The van der Waals surface area contributed by atoms with E-state index in [9.17, 15) is 9.59 Å². The maximum atomic E-state index is 11.8. The third kappa shape index (κ3) is 3.95. The topological polar surface area (TPSA) is 91.8 Å². The van der Waals surface area contributed by atoms with E-state index in [0.717, 1.165) is 5.71 Å². The van der Waals surface area contributed by atoms with Crippen molar-refractivity contribution in [3.05, 3.63) is 24.3 Å². The Morgan fingerprint density at radius 2 is 2.29 bits per heavy atom. The maximum Gasteiger partial charge on any atom is 0.319 e. The second kappa shape index (κ2) is 6.74. The smallest absolute Gasteiger partial charge is 0.319 e. The summed E-state index contributed by atoms with van der Waals surface area (Å²) in [7, 11) is 1.57. The first-order valence-corrected chi connectivity index (χ1v) is 6.63. The number of benzene rings is 1. The molecule has 0 unspecified atom stereocenters. The highest BCUT2D eigenvalue weighted by molar-refractivity contribution is 6.06. The molecule has 0 saturated carbocycles. The largest absolute Gasteiger partial charge is 0.497 e. The molecule has 1 heterocycles. The van der Waals surface area contributed by atoms with Crippen LogP contribution in [0, 0.1) is 5.92 Å². The fraction of sp³-hybridized carbons (Fsp3) is 0.357. The summed E-state index contributed by atoms with van der Waals surface area (Å²) in [6.07, 6.45) is 0.521. The number of hydrogen-bond acceptors (Lipinski definition) is 4. The van der Waals surface area contributed by atoms with Crippen LogP contribution in [-0.2, 0) is 4.79 Å². The molecule has 0 saturated heterocycles. The molecule has 1 aromatic carbocycles. The molecule has 3 N–H and O–H groups in total. The fourth-order valence-corrected chi connectivity index (χ4v) is 2.03. The number of ether oxygens (including phenoxy) is 1. The summed E-state index contributed by atoms with van der Waals surface area (Å²) in [5.74, 6) is 0.284. The minimum Gasteiger partial charge on any atom is -0.497 e. The van der Waals surface area contributed by atoms with E-state index in [1.165, 1.54) is 0 Å². The van der Waals surface area contributed by atoms with Gasteiger partial charge in [-0.3, -0.25) is 4.79 Å². The molecule has 1 aliphatic rings. The van der Waals surface area contributed by atoms with Gasteiger partial charge >= 0.3 is 6.03 Å². The van der Waals surface area contributed by atoms with Crippen LogP contribution in [0.15, 0.2) is 29.4 Å². The highest BCUT2D eigenvalue weighted by Gasteiger charge is 2.26. The standard InChI is InChI=1S/C14H18N4O3/c1-9-12(13(19)18-17-9)6-7-15-14(20)16-10-4-3-5-11(8-10)21-2/h3-5,8,12H,6-7H2,1-2H3,(H,18,19)(H2,15,16,20)/t12-/m1/s1. The lowest BCUT2D eigenvalue weighted by Gasteiger charge is -2.10. The minimum absolute atomic E-state index is 0.123. The lowest BCUT2D eigenvalue weighted by molar-refractivity contribution is -0.122. The van der Waals surface area contributed by atoms with Crippen molar-refractivity contribution in [3.63, 3.8) is 0 Å². The Morgan fingerprint density at radius 1 is 1.48 bits per heavy atom. The van der Waals surface area contributed by atoms with Crippen LogP contribution < -0.4 is 20.8 Å². The molecule has 112 valence electrons. The van der Waals surface area contributed by atoms with Crippen molar-refractivity contribution in [2.24, 2.45) is 11.0 Å². The van der Waals surface area contributed by atoms with Gasteiger partial charge in [-0.1, -0.05) is 6.07 Å². The third-order valence-electron chi connectivity index (χ3n) is 3.21. The molecular formula is C14H18N4O3. The molecule has 1 atom stereocenters. The Balaban J connectivity index is 1.77. The van der Waals surface area contributed by atoms with E-state index in [1.807, 2.05) is 0 Å². The SMILES string of the molecule is COc1cccc(NC(=O)NCC[C@H]2C(=O)NN=C2C)c1. The Hall–Kier alpha value is -2.57. The summed E-state index contributed by atoms with van der Waals surface area (Å²) < 4.78 is 5.08. The molecule has 7 nitrogen and oxygen atoms in total. The zero-order valence-electron chi connectivity index (χ0n) is 12.0. The molecule has 0 aliphatic carbocycles. The van der Waals surface area contributed by atoms with Crippen LogP contribution in [-0.4, -0.2) is 31.3 Å². The van der Waals surface area contributed by atoms with Gasteiger partial charge in [0.25, 0.3) is 0 Å². The van der Waals surface area contributed by atoms with E-state index in [0.29, 0.717) is 24.4 Å². The number of hydrogen-bond donors (Lipinski definition) is 3. The highest BCUT2D eigenvalue weighted by atomic mass is 16.5. The van der Waals surface area contributed by atoms with Gasteiger partial charge in [-0.05, 0) is 25.5 Å². The van der Waals surface area contributed by atoms with E-state index in [2.05, 4.69) is 21.2 Å². The van der Waals surface area contributed by atoms with Gasteiger partial charge in [-0.25, -0.2) is 10.2 Å². The van der Waals surface area contributed by atoms with E-state index in [1.54, 1.807) is 38.3 Å².